The summed E-state index contributed by atoms with van der Waals surface area (Å²) in [6.45, 7) is 3.97. The Morgan fingerprint density at radius 1 is 1.50 bits per heavy atom. The van der Waals surface area contributed by atoms with Gasteiger partial charge in [0.15, 0.2) is 14.8 Å². The van der Waals surface area contributed by atoms with E-state index in [9.17, 15) is 18.5 Å². The highest BCUT2D eigenvalue weighted by Gasteiger charge is 2.33. The molecule has 0 unspecified atom stereocenters. The van der Waals surface area contributed by atoms with Crippen LogP contribution in [0.25, 0.3) is 0 Å². The first-order valence-electron chi connectivity index (χ1n) is 7.01. The van der Waals surface area contributed by atoms with Crippen molar-refractivity contribution in [1.82, 2.24) is 4.90 Å². The van der Waals surface area contributed by atoms with E-state index in [2.05, 4.69) is 18.9 Å². The second-order valence-electron chi connectivity index (χ2n) is 5.99. The zero-order chi connectivity index (χ0) is 16.7. The summed E-state index contributed by atoms with van der Waals surface area (Å²) in [5.41, 5.74) is -0.126. The molecule has 7 nitrogen and oxygen atoms in total. The third kappa shape index (κ3) is 3.41. The van der Waals surface area contributed by atoms with Gasteiger partial charge in [0.2, 0.25) is 0 Å². The van der Waals surface area contributed by atoms with E-state index in [4.69, 9.17) is 0 Å². The summed E-state index contributed by atoms with van der Waals surface area (Å²) in [6.07, 6.45) is 1.97. The molecule has 0 aromatic carbocycles. The molecule has 0 aliphatic carbocycles. The zero-order valence-corrected chi connectivity index (χ0v) is 14.8. The van der Waals surface area contributed by atoms with E-state index in [0.29, 0.717) is 10.9 Å². The number of anilines is 1. The van der Waals surface area contributed by atoms with Crippen molar-refractivity contribution in [2.24, 2.45) is 5.92 Å². The Morgan fingerprint density at radius 2 is 2.14 bits per heavy atom. The van der Waals surface area contributed by atoms with E-state index in [1.165, 1.54) is 6.07 Å². The van der Waals surface area contributed by atoms with Gasteiger partial charge in [0, 0.05) is 32.0 Å². The van der Waals surface area contributed by atoms with Crippen LogP contribution in [0.5, 0.6) is 0 Å². The van der Waals surface area contributed by atoms with Crippen LogP contribution in [0.15, 0.2) is 10.3 Å². The Hall–Kier alpha value is -1.19. The number of thiophene rings is 1. The standard InChI is InChI=1S/C13H21N3O4S2/c1-9-8-14(2)6-5-10(9)15(3)13-11(16(17)18)7-12(21-13)22(4,19)20/h7,9-10H,5-6,8H2,1-4H3/t9-,10+/m1/s1. The number of rotatable bonds is 4. The van der Waals surface area contributed by atoms with E-state index < -0.39 is 14.8 Å². The normalized spacial score (nSPS) is 23.5. The Labute approximate surface area is 134 Å². The van der Waals surface area contributed by atoms with Crippen molar-refractivity contribution in [1.29, 1.82) is 0 Å². The van der Waals surface area contributed by atoms with Gasteiger partial charge >= 0.3 is 5.69 Å². The van der Waals surface area contributed by atoms with Crippen molar-refractivity contribution in [2.45, 2.75) is 23.6 Å². The number of likely N-dealkylation sites (tertiary alicyclic amines) is 1. The molecule has 124 valence electrons. The molecular weight excluding hydrogens is 326 g/mol. The Bertz CT molecular complexity index is 671. The summed E-state index contributed by atoms with van der Waals surface area (Å²) in [7, 11) is 0.429. The third-order valence-electron chi connectivity index (χ3n) is 4.11. The van der Waals surface area contributed by atoms with Gasteiger partial charge < -0.3 is 9.80 Å². The molecule has 1 aliphatic heterocycles. The molecule has 0 spiro atoms. The van der Waals surface area contributed by atoms with Crippen LogP contribution in [0.2, 0.25) is 0 Å². The molecule has 1 fully saturated rings. The maximum atomic E-state index is 11.7. The van der Waals surface area contributed by atoms with Crippen molar-refractivity contribution >= 4 is 31.9 Å². The molecule has 0 saturated carbocycles. The van der Waals surface area contributed by atoms with Crippen molar-refractivity contribution in [3.8, 4) is 0 Å². The molecule has 0 N–H and O–H groups in total. The quantitative estimate of drug-likeness (QED) is 0.610. The van der Waals surface area contributed by atoms with E-state index >= 15 is 0 Å². The molecule has 0 radical (unpaired) electrons. The summed E-state index contributed by atoms with van der Waals surface area (Å²) in [5.74, 6) is 0.354. The number of hydrogen-bond donors (Lipinski definition) is 0. The fourth-order valence-corrected chi connectivity index (χ4v) is 5.03. The number of piperidine rings is 1. The van der Waals surface area contributed by atoms with E-state index in [0.717, 1.165) is 37.1 Å². The highest BCUT2D eigenvalue weighted by Crippen LogP contribution is 2.41. The number of sulfone groups is 1. The van der Waals surface area contributed by atoms with Gasteiger partial charge in [-0.05, 0) is 25.9 Å². The fourth-order valence-electron chi connectivity index (χ4n) is 2.98. The van der Waals surface area contributed by atoms with Gasteiger partial charge in [0.1, 0.15) is 4.21 Å². The number of hydrogen-bond acceptors (Lipinski definition) is 7. The van der Waals surface area contributed by atoms with Gasteiger partial charge in [-0.3, -0.25) is 10.1 Å². The van der Waals surface area contributed by atoms with Crippen LogP contribution in [0.1, 0.15) is 13.3 Å². The Balaban J connectivity index is 2.38. The molecule has 2 atom stereocenters. The molecule has 0 bridgehead atoms. The average Bonchev–Trinajstić information content (AvgIpc) is 2.82. The lowest BCUT2D eigenvalue weighted by Gasteiger charge is -2.40. The van der Waals surface area contributed by atoms with E-state index in [1.54, 1.807) is 0 Å². The summed E-state index contributed by atoms with van der Waals surface area (Å²) in [5, 5.41) is 11.7. The summed E-state index contributed by atoms with van der Waals surface area (Å²) in [4.78, 5) is 14.9. The first kappa shape index (κ1) is 17.2. The molecule has 0 amide bonds. The average molecular weight is 347 g/mol. The van der Waals surface area contributed by atoms with Crippen molar-refractivity contribution in [2.75, 3.05) is 38.3 Å². The van der Waals surface area contributed by atoms with Gasteiger partial charge in [0.05, 0.1) is 4.92 Å². The van der Waals surface area contributed by atoms with E-state index in [1.807, 2.05) is 11.9 Å². The highest BCUT2D eigenvalue weighted by molar-refractivity contribution is 7.92. The molecule has 2 heterocycles. The van der Waals surface area contributed by atoms with Gasteiger partial charge in [-0.15, -0.1) is 0 Å². The molecule has 22 heavy (non-hydrogen) atoms. The van der Waals surface area contributed by atoms with Crippen LogP contribution in [0, 0.1) is 16.0 Å². The van der Waals surface area contributed by atoms with Crippen LogP contribution in [0.4, 0.5) is 10.7 Å². The monoisotopic (exact) mass is 347 g/mol. The Morgan fingerprint density at radius 3 is 2.64 bits per heavy atom. The summed E-state index contributed by atoms with van der Waals surface area (Å²) in [6, 6.07) is 1.34. The number of nitro groups is 1. The minimum atomic E-state index is -3.45. The lowest BCUT2D eigenvalue weighted by Crippen LogP contribution is -2.47. The molecule has 1 saturated heterocycles. The third-order valence-corrected chi connectivity index (χ3v) is 7.13. The predicted octanol–water partition coefficient (Wildman–Crippen LogP) is 1.84. The van der Waals surface area contributed by atoms with Crippen molar-refractivity contribution < 1.29 is 13.3 Å². The van der Waals surface area contributed by atoms with Crippen LogP contribution in [-0.2, 0) is 9.84 Å². The summed E-state index contributed by atoms with van der Waals surface area (Å²) < 4.78 is 23.4. The summed E-state index contributed by atoms with van der Waals surface area (Å²) >= 11 is 0.982. The van der Waals surface area contributed by atoms with E-state index in [-0.39, 0.29) is 15.9 Å². The molecule has 1 aromatic rings. The first-order chi connectivity index (χ1) is 10.1. The highest BCUT2D eigenvalue weighted by atomic mass is 32.2. The van der Waals surface area contributed by atoms with Crippen molar-refractivity contribution in [3.05, 3.63) is 16.2 Å². The Kier molecular flexibility index (Phi) is 4.78. The smallest absolute Gasteiger partial charge is 0.305 e. The van der Waals surface area contributed by atoms with Crippen molar-refractivity contribution in [3.63, 3.8) is 0 Å². The van der Waals surface area contributed by atoms with Gasteiger partial charge in [-0.2, -0.15) is 0 Å². The largest absolute Gasteiger partial charge is 0.357 e. The zero-order valence-electron chi connectivity index (χ0n) is 13.1. The molecule has 2 rings (SSSR count). The van der Waals surface area contributed by atoms with Gasteiger partial charge in [-0.25, -0.2) is 8.42 Å². The topological polar surface area (TPSA) is 83.8 Å². The predicted molar refractivity (Wildman–Crippen MR) is 87.6 cm³/mol. The van der Waals surface area contributed by atoms with Crippen LogP contribution in [-0.4, -0.2) is 57.7 Å². The molecular formula is C13H21N3O4S2. The van der Waals surface area contributed by atoms with Crippen LogP contribution in [0.3, 0.4) is 0 Å². The fraction of sp³-hybridized carbons (Fsp3) is 0.692. The lowest BCUT2D eigenvalue weighted by atomic mass is 9.93. The van der Waals surface area contributed by atoms with Gasteiger partial charge in [-0.1, -0.05) is 18.3 Å². The second-order valence-corrected chi connectivity index (χ2v) is 9.26. The maximum Gasteiger partial charge on any atom is 0.305 e. The second kappa shape index (κ2) is 6.13. The lowest BCUT2D eigenvalue weighted by molar-refractivity contribution is -0.383. The molecule has 9 heteroatoms. The SMILES string of the molecule is C[C@@H]1CN(C)CC[C@@H]1N(C)c1sc(S(C)(=O)=O)cc1[N+](=O)[O-]. The molecule has 1 aromatic heterocycles. The van der Waals surface area contributed by atoms with Gasteiger partial charge in [0.25, 0.3) is 0 Å². The molecule has 1 aliphatic rings. The van der Waals surface area contributed by atoms with Crippen LogP contribution < -0.4 is 4.90 Å². The maximum absolute atomic E-state index is 11.7. The number of nitrogens with zero attached hydrogens (tertiary/aromatic N) is 3. The minimum absolute atomic E-state index is 0.0432. The first-order valence-corrected chi connectivity index (χ1v) is 9.71. The van der Waals surface area contributed by atoms with Crippen LogP contribution >= 0.6 is 11.3 Å². The minimum Gasteiger partial charge on any atom is -0.357 e.